The van der Waals surface area contributed by atoms with Gasteiger partial charge in [-0.15, -0.1) is 0 Å². The first-order valence-corrected chi connectivity index (χ1v) is 11.2. The monoisotopic (exact) mass is 444 g/mol. The molecule has 2 aromatic rings. The van der Waals surface area contributed by atoms with Gasteiger partial charge in [-0.25, -0.2) is 13.8 Å². The lowest BCUT2D eigenvalue weighted by Crippen LogP contribution is -2.25. The highest BCUT2D eigenvalue weighted by molar-refractivity contribution is 5.76. The van der Waals surface area contributed by atoms with Crippen LogP contribution in [0, 0.1) is 12.8 Å². The molecule has 5 nitrogen and oxygen atoms in total. The summed E-state index contributed by atoms with van der Waals surface area (Å²) in [5.41, 5.74) is 3.14. The van der Waals surface area contributed by atoms with Crippen molar-refractivity contribution in [3.05, 3.63) is 47.7 Å². The van der Waals surface area contributed by atoms with Crippen LogP contribution in [0.25, 0.3) is 0 Å². The van der Waals surface area contributed by atoms with Gasteiger partial charge in [-0.2, -0.15) is 0 Å². The molecule has 172 valence electrons. The molecule has 1 aliphatic heterocycles. The second-order valence-electron chi connectivity index (χ2n) is 9.13. The van der Waals surface area contributed by atoms with E-state index in [1.54, 1.807) is 13.1 Å². The van der Waals surface area contributed by atoms with E-state index in [0.717, 1.165) is 42.1 Å². The minimum atomic E-state index is -2.59. The van der Waals surface area contributed by atoms with Gasteiger partial charge < -0.3 is 19.2 Å². The molecule has 0 radical (unpaired) electrons. The number of alkyl halides is 2. The molecule has 4 rings (SSSR count). The van der Waals surface area contributed by atoms with E-state index < -0.39 is 11.8 Å². The zero-order chi connectivity index (χ0) is 22.9. The molecule has 1 aliphatic carbocycles. The second kappa shape index (κ2) is 9.04. The molecular formula is C25H30F2N2O3. The maximum atomic E-state index is 13.1. The number of Topliss-reactive ketones (excluding diaryl/α,β-unsaturated/α-hetero) is 1. The number of carbonyl (C=O) groups excluding carboxylic acids is 1. The average Bonchev–Trinajstić information content (AvgIpc) is 3.12. The van der Waals surface area contributed by atoms with Crippen molar-refractivity contribution in [1.29, 1.82) is 0 Å². The van der Waals surface area contributed by atoms with Gasteiger partial charge in [0.25, 0.3) is 5.92 Å². The fraction of sp³-hybridized carbons (Fsp3) is 0.520. The van der Waals surface area contributed by atoms with Crippen LogP contribution >= 0.6 is 0 Å². The maximum absolute atomic E-state index is 13.1. The largest absolute Gasteiger partial charge is 0.489 e. The lowest BCUT2D eigenvalue weighted by atomic mass is 9.96. The van der Waals surface area contributed by atoms with Crippen molar-refractivity contribution in [2.45, 2.75) is 58.0 Å². The fourth-order valence-corrected chi connectivity index (χ4v) is 4.21. The number of pyridine rings is 1. The lowest BCUT2D eigenvalue weighted by molar-refractivity contribution is -0.117. The molecule has 0 spiro atoms. The molecule has 0 amide bonds. The van der Waals surface area contributed by atoms with Gasteiger partial charge in [0, 0.05) is 43.8 Å². The summed E-state index contributed by atoms with van der Waals surface area (Å²) in [6.07, 6.45) is 3.10. The molecule has 32 heavy (non-hydrogen) atoms. The summed E-state index contributed by atoms with van der Waals surface area (Å²) in [4.78, 5) is 17.8. The highest BCUT2D eigenvalue weighted by atomic mass is 19.3. The number of aryl methyl sites for hydroxylation is 1. The number of hydrogen-bond acceptors (Lipinski definition) is 5. The van der Waals surface area contributed by atoms with Crippen LogP contribution in [0.15, 0.2) is 36.5 Å². The number of carbonyl (C=O) groups is 1. The van der Waals surface area contributed by atoms with Crippen LogP contribution in [-0.2, 0) is 4.79 Å². The van der Waals surface area contributed by atoms with E-state index in [1.807, 2.05) is 37.3 Å². The van der Waals surface area contributed by atoms with Gasteiger partial charge in [0.15, 0.2) is 0 Å². The number of benzene rings is 1. The highest BCUT2D eigenvalue weighted by Crippen LogP contribution is 2.48. The van der Waals surface area contributed by atoms with Crippen molar-refractivity contribution in [1.82, 2.24) is 4.98 Å². The quantitative estimate of drug-likeness (QED) is 0.535. The number of nitrogens with zero attached hydrogens (tertiary/aromatic N) is 2. The summed E-state index contributed by atoms with van der Waals surface area (Å²) in [6, 6.07) is 9.81. The Balaban J connectivity index is 1.33. The lowest BCUT2D eigenvalue weighted by Gasteiger charge is -2.22. The Morgan fingerprint density at radius 3 is 2.69 bits per heavy atom. The number of aromatic nitrogens is 1. The second-order valence-corrected chi connectivity index (χ2v) is 9.13. The van der Waals surface area contributed by atoms with Gasteiger partial charge >= 0.3 is 0 Å². The summed E-state index contributed by atoms with van der Waals surface area (Å²) >= 11 is 0. The first kappa shape index (κ1) is 22.5. The molecule has 2 aliphatic rings. The van der Waals surface area contributed by atoms with Gasteiger partial charge in [-0.3, -0.25) is 0 Å². The fourth-order valence-electron chi connectivity index (χ4n) is 4.21. The maximum Gasteiger partial charge on any atom is 0.255 e. The van der Waals surface area contributed by atoms with Crippen LogP contribution in [0.4, 0.5) is 14.5 Å². The Bertz CT molecular complexity index is 964. The van der Waals surface area contributed by atoms with Crippen molar-refractivity contribution < 1.29 is 23.0 Å². The number of ketones is 1. The van der Waals surface area contributed by atoms with Crippen molar-refractivity contribution >= 4 is 11.5 Å². The van der Waals surface area contributed by atoms with Crippen molar-refractivity contribution in [2.75, 3.05) is 24.6 Å². The van der Waals surface area contributed by atoms with Crippen LogP contribution in [0.1, 0.15) is 50.2 Å². The van der Waals surface area contributed by atoms with Gasteiger partial charge in [-0.05, 0) is 43.0 Å². The molecule has 1 aromatic carbocycles. The Kier molecular flexibility index (Phi) is 6.35. The highest BCUT2D eigenvalue weighted by Gasteiger charge is 2.57. The third kappa shape index (κ3) is 5.37. The molecule has 1 saturated heterocycles. The van der Waals surface area contributed by atoms with E-state index in [2.05, 4.69) is 16.8 Å². The number of ether oxygens (including phenoxy) is 2. The van der Waals surface area contributed by atoms with Gasteiger partial charge in [0.05, 0.1) is 19.1 Å². The smallest absolute Gasteiger partial charge is 0.255 e. The van der Waals surface area contributed by atoms with Gasteiger partial charge in [-0.1, -0.05) is 19.1 Å². The summed E-state index contributed by atoms with van der Waals surface area (Å²) in [6.45, 7) is 7.21. The Labute approximate surface area is 187 Å². The van der Waals surface area contributed by atoms with E-state index in [9.17, 15) is 13.6 Å². The summed E-state index contributed by atoms with van der Waals surface area (Å²) in [7, 11) is 0. The van der Waals surface area contributed by atoms with E-state index in [1.165, 1.54) is 0 Å². The van der Waals surface area contributed by atoms with Crippen LogP contribution in [-0.4, -0.2) is 42.5 Å². The van der Waals surface area contributed by atoms with E-state index in [-0.39, 0.29) is 30.8 Å². The zero-order valence-corrected chi connectivity index (χ0v) is 18.8. The van der Waals surface area contributed by atoms with Crippen LogP contribution in [0.3, 0.4) is 0 Å². The normalized spacial score (nSPS) is 22.5. The van der Waals surface area contributed by atoms with Crippen molar-refractivity contribution in [3.8, 4) is 11.6 Å². The number of hydrogen-bond donors (Lipinski definition) is 0. The zero-order valence-electron chi connectivity index (χ0n) is 18.8. The van der Waals surface area contributed by atoms with E-state index in [0.29, 0.717) is 12.3 Å². The number of rotatable bonds is 9. The van der Waals surface area contributed by atoms with E-state index in [4.69, 9.17) is 9.47 Å². The summed E-state index contributed by atoms with van der Waals surface area (Å²) in [5.74, 6) is -1.70. The minimum absolute atomic E-state index is 0.00470. The summed E-state index contributed by atoms with van der Waals surface area (Å²) in [5, 5.41) is 0. The standard InChI is InChI=1S/C25H30F2N2O3/c1-16(10-18(3)30)19-4-6-21(7-5-19)32-22-8-9-29(14-22)23-11-24(28-13-17(23)2)31-15-20-12-25(20,26)27/h4-7,11,13,16,20,22H,8-10,12,14-15H2,1-3H3/t16-,20?,22?/m1/s1. The summed E-state index contributed by atoms with van der Waals surface area (Å²) < 4.78 is 37.9. The third-order valence-corrected chi connectivity index (χ3v) is 6.27. The molecule has 2 heterocycles. The topological polar surface area (TPSA) is 51.7 Å². The minimum Gasteiger partial charge on any atom is -0.489 e. The van der Waals surface area contributed by atoms with Crippen molar-refractivity contribution in [2.24, 2.45) is 5.92 Å². The van der Waals surface area contributed by atoms with Gasteiger partial charge in [0.2, 0.25) is 5.88 Å². The van der Waals surface area contributed by atoms with Crippen LogP contribution in [0.2, 0.25) is 0 Å². The van der Waals surface area contributed by atoms with Crippen molar-refractivity contribution in [3.63, 3.8) is 0 Å². The Hall–Kier alpha value is -2.70. The average molecular weight is 445 g/mol. The Morgan fingerprint density at radius 1 is 1.31 bits per heavy atom. The predicted octanol–water partition coefficient (Wildman–Crippen LogP) is 5.16. The number of halogens is 2. The molecule has 7 heteroatoms. The number of anilines is 1. The molecule has 1 saturated carbocycles. The predicted molar refractivity (Wildman–Crippen MR) is 119 cm³/mol. The molecule has 0 N–H and O–H groups in total. The first-order valence-electron chi connectivity index (χ1n) is 11.2. The molecule has 1 aromatic heterocycles. The van der Waals surface area contributed by atoms with Crippen LogP contribution in [0.5, 0.6) is 11.6 Å². The molecule has 0 bridgehead atoms. The molecule has 2 unspecified atom stereocenters. The van der Waals surface area contributed by atoms with E-state index >= 15 is 0 Å². The molecular weight excluding hydrogens is 414 g/mol. The molecule has 3 atom stereocenters. The van der Waals surface area contributed by atoms with Gasteiger partial charge in [0.1, 0.15) is 17.6 Å². The SMILES string of the molecule is CC(=O)C[C@@H](C)c1ccc(OC2CCN(c3cc(OCC4CC4(F)F)ncc3C)C2)cc1. The molecule has 2 fully saturated rings. The first-order chi connectivity index (χ1) is 15.2. The van der Waals surface area contributed by atoms with Crippen LogP contribution < -0.4 is 14.4 Å². The third-order valence-electron chi connectivity index (χ3n) is 6.27. The Morgan fingerprint density at radius 2 is 2.03 bits per heavy atom.